The minimum absolute atomic E-state index is 0.140. The molecule has 7 rings (SSSR count). The molecule has 5 aliphatic rings. The summed E-state index contributed by atoms with van der Waals surface area (Å²) in [7, 11) is 0. The maximum absolute atomic E-state index is 13.3. The summed E-state index contributed by atoms with van der Waals surface area (Å²) in [4.78, 5) is 40.6. The van der Waals surface area contributed by atoms with E-state index in [4.69, 9.17) is 16.3 Å². The Morgan fingerprint density at radius 1 is 1.00 bits per heavy atom. The average molecular weight is 434 g/mol. The quantitative estimate of drug-likeness (QED) is 0.311. The Kier molecular flexibility index (Phi) is 3.97. The van der Waals surface area contributed by atoms with Crippen molar-refractivity contribution in [2.24, 2.45) is 35.5 Å². The fraction of sp³-hybridized carbons (Fsp3) is 0.320. The van der Waals surface area contributed by atoms with Crippen LogP contribution in [0.3, 0.4) is 0 Å². The number of rotatable bonds is 3. The number of hydrogen-bond donors (Lipinski definition) is 0. The summed E-state index contributed by atoms with van der Waals surface area (Å²) < 4.78 is 5.47. The largest absolute Gasteiger partial charge is 0.423 e. The van der Waals surface area contributed by atoms with Gasteiger partial charge in [0.15, 0.2) is 0 Å². The molecule has 2 saturated carbocycles. The molecule has 3 fully saturated rings. The first kappa shape index (κ1) is 18.8. The zero-order chi connectivity index (χ0) is 21.4. The molecule has 6 atom stereocenters. The molecule has 31 heavy (non-hydrogen) atoms. The lowest BCUT2D eigenvalue weighted by molar-refractivity contribution is -0.124. The first-order chi connectivity index (χ1) is 14.9. The van der Waals surface area contributed by atoms with Crippen LogP contribution in [0, 0.1) is 42.4 Å². The number of hydrogen-bond acceptors (Lipinski definition) is 4. The van der Waals surface area contributed by atoms with Crippen LogP contribution in [-0.2, 0) is 9.59 Å². The van der Waals surface area contributed by atoms with Crippen LogP contribution in [0.1, 0.15) is 22.3 Å². The molecular weight excluding hydrogens is 414 g/mol. The van der Waals surface area contributed by atoms with Crippen molar-refractivity contribution in [2.45, 2.75) is 13.3 Å². The van der Waals surface area contributed by atoms with Gasteiger partial charge in [0.25, 0.3) is 0 Å². The van der Waals surface area contributed by atoms with Crippen LogP contribution in [0.25, 0.3) is 0 Å². The summed E-state index contributed by atoms with van der Waals surface area (Å²) >= 11 is 6.03. The lowest BCUT2D eigenvalue weighted by Crippen LogP contribution is -2.40. The van der Waals surface area contributed by atoms with Crippen LogP contribution < -0.4 is 9.64 Å². The van der Waals surface area contributed by atoms with Gasteiger partial charge in [-0.15, -0.1) is 0 Å². The minimum Gasteiger partial charge on any atom is -0.423 e. The maximum Gasteiger partial charge on any atom is 0.343 e. The number of carbonyl (C=O) groups excluding carboxylic acids is 3. The van der Waals surface area contributed by atoms with Crippen LogP contribution in [0.15, 0.2) is 54.6 Å². The smallest absolute Gasteiger partial charge is 0.343 e. The summed E-state index contributed by atoms with van der Waals surface area (Å²) in [5.74, 6) is 0.469. The number of anilines is 1. The standard InChI is InChI=1S/C25H20ClNO4/c1-12-9-15(5-8-20(12)26)31-25(30)13-3-2-4-14(10-13)27-23(28)21-16-6-7-17(19-11-18(16)19)22(21)24(27)29/h2-10,16-19,21-22H,11H2,1H3/t16-,17+,18-,19-,21+,22-/m1/s1. The van der Waals surface area contributed by atoms with Gasteiger partial charge in [0.05, 0.1) is 23.1 Å². The number of benzene rings is 2. The predicted octanol–water partition coefficient (Wildman–Crippen LogP) is 4.43. The van der Waals surface area contributed by atoms with Gasteiger partial charge in [-0.2, -0.15) is 0 Å². The molecule has 1 aliphatic heterocycles. The number of imide groups is 1. The third-order valence-electron chi connectivity index (χ3n) is 7.34. The summed E-state index contributed by atoms with van der Waals surface area (Å²) in [5.41, 5.74) is 1.52. The molecule has 1 heterocycles. The second kappa shape index (κ2) is 6.54. The monoisotopic (exact) mass is 433 g/mol. The number of allylic oxidation sites excluding steroid dienone is 2. The Hall–Kier alpha value is -2.92. The van der Waals surface area contributed by atoms with Gasteiger partial charge in [-0.1, -0.05) is 29.8 Å². The number of amides is 2. The van der Waals surface area contributed by atoms with Crippen molar-refractivity contribution in [3.8, 4) is 5.75 Å². The highest BCUT2D eigenvalue weighted by molar-refractivity contribution is 6.31. The van der Waals surface area contributed by atoms with Crippen molar-refractivity contribution in [1.82, 2.24) is 0 Å². The SMILES string of the molecule is Cc1cc(OC(=O)c2cccc(N3C(=O)[C@@H]4[C@H]5C=C[C@H]([C@H]6C[C@H]56)[C@@H]4C3=O)c2)ccc1Cl. The van der Waals surface area contributed by atoms with E-state index in [1.807, 2.05) is 6.92 Å². The van der Waals surface area contributed by atoms with E-state index in [1.165, 1.54) is 4.90 Å². The summed E-state index contributed by atoms with van der Waals surface area (Å²) in [6.07, 6.45) is 5.43. The zero-order valence-electron chi connectivity index (χ0n) is 16.8. The van der Waals surface area contributed by atoms with Gasteiger partial charge in [-0.25, -0.2) is 9.69 Å². The Labute approximate surface area is 184 Å². The molecule has 0 spiro atoms. The molecule has 6 heteroatoms. The van der Waals surface area contributed by atoms with E-state index in [9.17, 15) is 14.4 Å². The van der Waals surface area contributed by atoms with Crippen LogP contribution in [0.5, 0.6) is 5.75 Å². The number of carbonyl (C=O) groups is 3. The molecule has 5 nitrogen and oxygen atoms in total. The number of ether oxygens (including phenoxy) is 1. The van der Waals surface area contributed by atoms with Gasteiger partial charge in [-0.05, 0) is 79.0 Å². The summed E-state index contributed by atoms with van der Waals surface area (Å²) in [6, 6.07) is 11.5. The molecule has 0 N–H and O–H groups in total. The van der Waals surface area contributed by atoms with Crippen molar-refractivity contribution < 1.29 is 19.1 Å². The average Bonchev–Trinajstić information content (AvgIpc) is 3.54. The molecule has 2 amide bonds. The second-order valence-electron chi connectivity index (χ2n) is 9.02. The molecule has 0 aromatic heterocycles. The first-order valence-electron chi connectivity index (χ1n) is 10.6. The van der Waals surface area contributed by atoms with Gasteiger partial charge in [0.2, 0.25) is 11.8 Å². The van der Waals surface area contributed by atoms with E-state index >= 15 is 0 Å². The van der Waals surface area contributed by atoms with Crippen molar-refractivity contribution in [3.63, 3.8) is 0 Å². The van der Waals surface area contributed by atoms with Crippen molar-refractivity contribution in [2.75, 3.05) is 4.90 Å². The molecule has 2 aromatic rings. The molecule has 2 aromatic carbocycles. The first-order valence-corrected chi connectivity index (χ1v) is 11.0. The van der Waals surface area contributed by atoms with Gasteiger partial charge >= 0.3 is 5.97 Å². The van der Waals surface area contributed by atoms with Crippen molar-refractivity contribution >= 4 is 35.1 Å². The van der Waals surface area contributed by atoms with Crippen molar-refractivity contribution in [3.05, 3.63) is 70.8 Å². The maximum atomic E-state index is 13.3. The number of nitrogens with zero attached hydrogens (tertiary/aromatic N) is 1. The molecule has 0 unspecified atom stereocenters. The Morgan fingerprint density at radius 2 is 1.68 bits per heavy atom. The third-order valence-corrected chi connectivity index (χ3v) is 7.77. The number of aryl methyl sites for hydroxylation is 1. The molecule has 156 valence electrons. The highest BCUT2D eigenvalue weighted by atomic mass is 35.5. The van der Waals surface area contributed by atoms with Crippen molar-refractivity contribution in [1.29, 1.82) is 0 Å². The third kappa shape index (κ3) is 2.72. The van der Waals surface area contributed by atoms with Gasteiger partial charge < -0.3 is 4.74 Å². The van der Waals surface area contributed by atoms with E-state index in [0.717, 1.165) is 12.0 Å². The Balaban J connectivity index is 1.28. The van der Waals surface area contributed by atoms with Crippen LogP contribution >= 0.6 is 11.6 Å². The summed E-state index contributed by atoms with van der Waals surface area (Å²) in [5, 5.41) is 0.593. The number of esters is 1. The normalized spacial score (nSPS) is 32.1. The molecular formula is C25H20ClNO4. The van der Waals surface area contributed by atoms with Crippen LogP contribution in [0.4, 0.5) is 5.69 Å². The zero-order valence-corrected chi connectivity index (χ0v) is 17.6. The van der Waals surface area contributed by atoms with Gasteiger partial charge in [-0.3, -0.25) is 9.59 Å². The topological polar surface area (TPSA) is 63.7 Å². The molecule has 1 saturated heterocycles. The van der Waals surface area contributed by atoms with E-state index in [2.05, 4.69) is 12.2 Å². The molecule has 0 radical (unpaired) electrons. The lowest BCUT2D eigenvalue weighted by Gasteiger charge is -2.37. The Morgan fingerprint density at radius 3 is 2.32 bits per heavy atom. The Bertz CT molecular complexity index is 1150. The fourth-order valence-corrected chi connectivity index (χ4v) is 5.95. The highest BCUT2D eigenvalue weighted by Crippen LogP contribution is 2.65. The lowest BCUT2D eigenvalue weighted by atomic mass is 9.63. The fourth-order valence-electron chi connectivity index (χ4n) is 5.83. The van der Waals surface area contributed by atoms with Gasteiger partial charge in [0.1, 0.15) is 5.75 Å². The second-order valence-corrected chi connectivity index (χ2v) is 9.42. The van der Waals surface area contributed by atoms with E-state index < -0.39 is 5.97 Å². The summed E-state index contributed by atoms with van der Waals surface area (Å²) in [6.45, 7) is 1.83. The van der Waals surface area contributed by atoms with Gasteiger partial charge in [0, 0.05) is 5.02 Å². The molecule has 4 aliphatic carbocycles. The molecule has 2 bridgehead atoms. The number of halogens is 1. The van der Waals surface area contributed by atoms with E-state index in [0.29, 0.717) is 28.3 Å². The minimum atomic E-state index is -0.553. The van der Waals surface area contributed by atoms with E-state index in [-0.39, 0.29) is 41.0 Å². The van der Waals surface area contributed by atoms with Crippen LogP contribution in [0.2, 0.25) is 5.02 Å². The van der Waals surface area contributed by atoms with E-state index in [1.54, 1.807) is 42.5 Å². The van der Waals surface area contributed by atoms with Crippen LogP contribution in [-0.4, -0.2) is 17.8 Å². The highest BCUT2D eigenvalue weighted by Gasteiger charge is 2.67. The predicted molar refractivity (Wildman–Crippen MR) is 115 cm³/mol.